The number of nitrogens with one attached hydrogen (secondary N) is 2. The highest BCUT2D eigenvalue weighted by Crippen LogP contribution is 2.43. The number of anilines is 1. The minimum atomic E-state index is -0.635. The zero-order valence-electron chi connectivity index (χ0n) is 23.8. The maximum absolute atomic E-state index is 12.6. The van der Waals surface area contributed by atoms with Crippen LogP contribution < -0.4 is 10.6 Å². The second-order valence-electron chi connectivity index (χ2n) is 10.3. The molecule has 2 heterocycles. The number of thioether (sulfide) groups is 1. The van der Waals surface area contributed by atoms with E-state index in [1.54, 1.807) is 18.1 Å². The summed E-state index contributed by atoms with van der Waals surface area (Å²) < 4.78 is 14.9. The number of unbranched alkanes of at least 4 members (excludes halogenated alkanes) is 2. The number of amides is 2. The molecule has 1 saturated heterocycles. The first-order valence-electron chi connectivity index (χ1n) is 14.0. The monoisotopic (exact) mass is 581 g/mol. The summed E-state index contributed by atoms with van der Waals surface area (Å²) in [5, 5.41) is 24.2. The molecule has 0 aliphatic carbocycles. The van der Waals surface area contributed by atoms with E-state index in [0.717, 1.165) is 41.1 Å². The molecule has 1 aliphatic heterocycles. The van der Waals surface area contributed by atoms with Gasteiger partial charge in [0, 0.05) is 49.9 Å². The highest BCUT2D eigenvalue weighted by atomic mass is 32.2. The van der Waals surface area contributed by atoms with Gasteiger partial charge in [-0.25, -0.2) is 0 Å². The predicted octanol–water partition coefficient (Wildman–Crippen LogP) is 4.53. The van der Waals surface area contributed by atoms with Crippen LogP contribution in [0.1, 0.15) is 68.6 Å². The third-order valence-electron chi connectivity index (χ3n) is 7.07. The van der Waals surface area contributed by atoms with Crippen LogP contribution in [0.3, 0.4) is 0 Å². The molecule has 4 atom stereocenters. The van der Waals surface area contributed by atoms with Gasteiger partial charge in [0.15, 0.2) is 11.4 Å². The zero-order valence-corrected chi connectivity index (χ0v) is 24.6. The number of nitrogens with zero attached hydrogens (tertiary/aromatic N) is 3. The van der Waals surface area contributed by atoms with Crippen molar-refractivity contribution >= 4 is 29.3 Å². The number of carbonyl (C=O) groups is 2. The van der Waals surface area contributed by atoms with E-state index < -0.39 is 6.29 Å². The normalized spacial score (nSPS) is 20.5. The van der Waals surface area contributed by atoms with Crippen LogP contribution in [0.25, 0.3) is 0 Å². The molecule has 0 unspecified atom stereocenters. The van der Waals surface area contributed by atoms with Gasteiger partial charge in [0.1, 0.15) is 6.33 Å². The number of rotatable bonds is 13. The smallest absolute Gasteiger partial charge is 0.224 e. The van der Waals surface area contributed by atoms with E-state index in [9.17, 15) is 14.7 Å². The molecule has 0 bridgehead atoms. The summed E-state index contributed by atoms with van der Waals surface area (Å²) in [5.41, 5.74) is 3.36. The molecule has 3 aromatic rings. The molecule has 3 N–H and O–H groups in total. The van der Waals surface area contributed by atoms with Crippen molar-refractivity contribution in [3.05, 3.63) is 71.5 Å². The second-order valence-corrected chi connectivity index (χ2v) is 11.3. The van der Waals surface area contributed by atoms with E-state index >= 15 is 0 Å². The van der Waals surface area contributed by atoms with Crippen LogP contribution in [0.2, 0.25) is 0 Å². The van der Waals surface area contributed by atoms with Crippen molar-refractivity contribution in [2.24, 2.45) is 13.0 Å². The quantitative estimate of drug-likeness (QED) is 0.199. The van der Waals surface area contributed by atoms with Crippen molar-refractivity contribution in [1.82, 2.24) is 20.1 Å². The number of benzene rings is 2. The number of aliphatic hydroxyl groups is 1. The van der Waals surface area contributed by atoms with Gasteiger partial charge in [0.25, 0.3) is 0 Å². The summed E-state index contributed by atoms with van der Waals surface area (Å²) in [4.78, 5) is 23.5. The van der Waals surface area contributed by atoms with Gasteiger partial charge in [-0.05, 0) is 36.1 Å². The summed E-state index contributed by atoms with van der Waals surface area (Å²) in [6, 6.07) is 15.4. The first-order chi connectivity index (χ1) is 19.8. The number of carbonyl (C=O) groups excluding carboxylic acids is 2. The van der Waals surface area contributed by atoms with E-state index in [-0.39, 0.29) is 36.5 Å². The maximum atomic E-state index is 12.6. The van der Waals surface area contributed by atoms with Crippen LogP contribution >= 0.6 is 11.8 Å². The highest BCUT2D eigenvalue weighted by Gasteiger charge is 2.38. The largest absolute Gasteiger partial charge is 0.392 e. The van der Waals surface area contributed by atoms with Gasteiger partial charge in [-0.1, -0.05) is 61.5 Å². The van der Waals surface area contributed by atoms with Gasteiger partial charge in [-0.2, -0.15) is 0 Å². The molecule has 0 spiro atoms. The van der Waals surface area contributed by atoms with Crippen LogP contribution in [0.4, 0.5) is 5.69 Å². The molecule has 1 aliphatic rings. The Kier molecular flexibility index (Phi) is 11.3. The Morgan fingerprint density at radius 2 is 1.88 bits per heavy atom. The molecule has 0 saturated carbocycles. The molecule has 11 heteroatoms. The Morgan fingerprint density at radius 3 is 2.59 bits per heavy atom. The van der Waals surface area contributed by atoms with E-state index in [1.807, 2.05) is 60.1 Å². The van der Waals surface area contributed by atoms with Crippen LogP contribution in [-0.2, 0) is 32.7 Å². The minimum Gasteiger partial charge on any atom is -0.392 e. The average Bonchev–Trinajstić information content (AvgIpc) is 3.38. The lowest BCUT2D eigenvalue weighted by atomic mass is 9.91. The van der Waals surface area contributed by atoms with Crippen molar-refractivity contribution in [2.45, 2.75) is 69.8 Å². The lowest BCUT2D eigenvalue weighted by Crippen LogP contribution is -2.38. The Labute approximate surface area is 245 Å². The Balaban J connectivity index is 1.43. The lowest BCUT2D eigenvalue weighted by Gasteiger charge is -2.41. The first-order valence-corrected chi connectivity index (χ1v) is 14.9. The SMILES string of the molecule is CC(=O)NCCCCCC(=O)Nc1cccc([C@H]2O[C@@H](CSc3nncn3C)[C@@H](C)[C@@H](c3ccc(CO)cc3)O2)c1. The molecule has 10 nitrogen and oxygen atoms in total. The van der Waals surface area contributed by atoms with Crippen molar-refractivity contribution in [3.63, 3.8) is 0 Å². The van der Waals surface area contributed by atoms with Crippen molar-refractivity contribution < 1.29 is 24.2 Å². The molecule has 41 heavy (non-hydrogen) atoms. The number of aryl methyl sites for hydroxylation is 1. The summed E-state index contributed by atoms with van der Waals surface area (Å²) >= 11 is 1.59. The van der Waals surface area contributed by atoms with Crippen molar-refractivity contribution in [3.8, 4) is 0 Å². The third-order valence-corrected chi connectivity index (χ3v) is 8.19. The van der Waals surface area contributed by atoms with E-state index in [1.165, 1.54) is 6.92 Å². The fourth-order valence-corrected chi connectivity index (χ4v) is 5.76. The number of hydrogen-bond acceptors (Lipinski definition) is 8. The number of hydrogen-bond donors (Lipinski definition) is 3. The molecule has 1 fully saturated rings. The average molecular weight is 582 g/mol. The Morgan fingerprint density at radius 1 is 1.07 bits per heavy atom. The molecule has 220 valence electrons. The molecule has 1 aromatic heterocycles. The fraction of sp³-hybridized carbons (Fsp3) is 0.467. The second kappa shape index (κ2) is 15.1. The molecular formula is C30H39N5O5S. The van der Waals surface area contributed by atoms with Crippen LogP contribution in [0.5, 0.6) is 0 Å². The maximum Gasteiger partial charge on any atom is 0.224 e. The molecule has 2 amide bonds. The summed E-state index contributed by atoms with van der Waals surface area (Å²) in [6.45, 7) is 4.24. The standard InChI is InChI=1S/C30H39N5O5S/c1-20-26(18-41-30-34-32-19-35(30)3)39-29(40-28(20)23-13-11-22(17-36)12-14-23)24-8-7-9-25(16-24)33-27(38)10-5-4-6-15-31-21(2)37/h7-9,11-14,16,19-20,26,28-29,36H,4-6,10,15,17-18H2,1-3H3,(H,31,37)(H,33,38)/t20-,26+,28+,29+/m1/s1. The summed E-state index contributed by atoms with van der Waals surface area (Å²) in [5.74, 6) is 0.613. The minimum absolute atomic E-state index is 0.0142. The van der Waals surface area contributed by atoms with Gasteiger partial charge in [0.2, 0.25) is 11.8 Å². The first kappa shape index (κ1) is 30.7. The number of aliphatic hydroxyl groups excluding tert-OH is 1. The molecule has 0 radical (unpaired) electrons. The van der Waals surface area contributed by atoms with Gasteiger partial charge in [0.05, 0.1) is 18.8 Å². The Bertz CT molecular complexity index is 1280. The predicted molar refractivity (Wildman–Crippen MR) is 157 cm³/mol. The lowest BCUT2D eigenvalue weighted by molar-refractivity contribution is -0.268. The van der Waals surface area contributed by atoms with E-state index in [0.29, 0.717) is 24.4 Å². The zero-order chi connectivity index (χ0) is 29.2. The molecule has 2 aromatic carbocycles. The van der Waals surface area contributed by atoms with Crippen molar-refractivity contribution in [1.29, 1.82) is 0 Å². The third kappa shape index (κ3) is 8.87. The van der Waals surface area contributed by atoms with Gasteiger partial charge in [-0.3, -0.25) is 9.59 Å². The van der Waals surface area contributed by atoms with Gasteiger partial charge in [-0.15, -0.1) is 10.2 Å². The topological polar surface area (TPSA) is 128 Å². The van der Waals surface area contributed by atoms with Crippen molar-refractivity contribution in [2.75, 3.05) is 17.6 Å². The molecule has 4 rings (SSSR count). The number of aromatic nitrogens is 3. The number of ether oxygens (including phenoxy) is 2. The van der Waals surface area contributed by atoms with Gasteiger partial charge < -0.3 is 29.8 Å². The van der Waals surface area contributed by atoms with E-state index in [4.69, 9.17) is 9.47 Å². The van der Waals surface area contributed by atoms with Crippen LogP contribution in [0, 0.1) is 5.92 Å². The molecular weight excluding hydrogens is 542 g/mol. The summed E-state index contributed by atoms with van der Waals surface area (Å²) in [6.07, 6.45) is 3.53. The van der Waals surface area contributed by atoms with E-state index in [2.05, 4.69) is 27.8 Å². The highest BCUT2D eigenvalue weighted by molar-refractivity contribution is 7.99. The van der Waals surface area contributed by atoms with Crippen LogP contribution in [-0.4, -0.2) is 50.1 Å². The fourth-order valence-electron chi connectivity index (χ4n) is 4.71. The summed E-state index contributed by atoms with van der Waals surface area (Å²) in [7, 11) is 1.91. The van der Waals surface area contributed by atoms with Gasteiger partial charge >= 0.3 is 0 Å². The Hall–Kier alpha value is -3.25. The van der Waals surface area contributed by atoms with Crippen LogP contribution in [0.15, 0.2) is 60.0 Å².